The third-order valence-corrected chi connectivity index (χ3v) is 2.86. The average molecular weight is 216 g/mol. The van der Waals surface area contributed by atoms with Gasteiger partial charge < -0.3 is 0 Å². The number of aldehydes is 1. The van der Waals surface area contributed by atoms with Crippen molar-refractivity contribution in [3.63, 3.8) is 0 Å². The second kappa shape index (κ2) is 7.00. The summed E-state index contributed by atoms with van der Waals surface area (Å²) in [7, 11) is 0. The van der Waals surface area contributed by atoms with E-state index in [-0.39, 0.29) is 0 Å². The molecule has 1 unspecified atom stereocenters. The van der Waals surface area contributed by atoms with Gasteiger partial charge >= 0.3 is 0 Å². The molecule has 1 aromatic carbocycles. The molecule has 1 atom stereocenters. The molecule has 0 N–H and O–H groups in total. The molecule has 0 saturated carbocycles. The van der Waals surface area contributed by atoms with Crippen LogP contribution < -0.4 is 0 Å². The van der Waals surface area contributed by atoms with Crippen LogP contribution in [0.4, 0.5) is 0 Å². The van der Waals surface area contributed by atoms with Gasteiger partial charge in [-0.25, -0.2) is 0 Å². The van der Waals surface area contributed by atoms with Gasteiger partial charge in [0.05, 0.1) is 0 Å². The standard InChI is InChI=1S/C15H20O/c1-3-4-6-13(2)15-10-8-14(9-11-15)7-5-12-16/h5,7-13H,3-4,6H2,1-2H3. The Morgan fingerprint density at radius 1 is 1.25 bits per heavy atom. The zero-order chi connectivity index (χ0) is 11.8. The van der Waals surface area contributed by atoms with E-state index in [1.807, 2.05) is 6.08 Å². The lowest BCUT2D eigenvalue weighted by molar-refractivity contribution is -0.104. The summed E-state index contributed by atoms with van der Waals surface area (Å²) in [5.41, 5.74) is 2.47. The largest absolute Gasteiger partial charge is 0.299 e. The van der Waals surface area contributed by atoms with Crippen LogP contribution in [0.1, 0.15) is 50.2 Å². The highest BCUT2D eigenvalue weighted by Crippen LogP contribution is 2.21. The van der Waals surface area contributed by atoms with Crippen molar-refractivity contribution in [3.8, 4) is 0 Å². The SMILES string of the molecule is CCCCC(C)c1ccc(C=CC=O)cc1. The number of carbonyl (C=O) groups is 1. The molecule has 86 valence electrons. The molecule has 0 saturated heterocycles. The Balaban J connectivity index is 2.63. The maximum atomic E-state index is 10.2. The number of hydrogen-bond acceptors (Lipinski definition) is 1. The molecule has 0 aliphatic rings. The summed E-state index contributed by atoms with van der Waals surface area (Å²) in [6.45, 7) is 4.49. The minimum atomic E-state index is 0.629. The molecular formula is C15H20O. The van der Waals surface area contributed by atoms with Gasteiger partial charge in [0, 0.05) is 0 Å². The van der Waals surface area contributed by atoms with Crippen LogP contribution in [0.5, 0.6) is 0 Å². The van der Waals surface area contributed by atoms with Crippen LogP contribution in [0.15, 0.2) is 30.3 Å². The molecule has 0 bridgehead atoms. The van der Waals surface area contributed by atoms with Crippen molar-refractivity contribution in [1.82, 2.24) is 0 Å². The summed E-state index contributed by atoms with van der Waals surface area (Å²) in [5.74, 6) is 0.629. The monoisotopic (exact) mass is 216 g/mol. The van der Waals surface area contributed by atoms with Crippen LogP contribution in [-0.4, -0.2) is 6.29 Å². The van der Waals surface area contributed by atoms with Gasteiger partial charge in [-0.15, -0.1) is 0 Å². The Kier molecular flexibility index (Phi) is 5.55. The maximum absolute atomic E-state index is 10.2. The fraction of sp³-hybridized carbons (Fsp3) is 0.400. The summed E-state index contributed by atoms with van der Waals surface area (Å²) in [5, 5.41) is 0. The molecule has 0 aromatic heterocycles. The van der Waals surface area contributed by atoms with Crippen molar-refractivity contribution >= 4 is 12.4 Å². The first kappa shape index (κ1) is 12.7. The number of allylic oxidation sites excluding steroid dienone is 1. The van der Waals surface area contributed by atoms with Crippen LogP contribution >= 0.6 is 0 Å². The van der Waals surface area contributed by atoms with Crippen molar-refractivity contribution in [1.29, 1.82) is 0 Å². The Labute approximate surface area is 98.2 Å². The zero-order valence-corrected chi connectivity index (χ0v) is 10.1. The number of carbonyl (C=O) groups excluding carboxylic acids is 1. The van der Waals surface area contributed by atoms with E-state index in [0.29, 0.717) is 5.92 Å². The van der Waals surface area contributed by atoms with Crippen molar-refractivity contribution in [3.05, 3.63) is 41.5 Å². The van der Waals surface area contributed by atoms with Gasteiger partial charge in [0.25, 0.3) is 0 Å². The number of unbranched alkanes of at least 4 members (excludes halogenated alkanes) is 1. The summed E-state index contributed by atoms with van der Waals surface area (Å²) in [6, 6.07) is 8.45. The van der Waals surface area contributed by atoms with E-state index in [1.54, 1.807) is 0 Å². The van der Waals surface area contributed by atoms with E-state index in [4.69, 9.17) is 0 Å². The van der Waals surface area contributed by atoms with E-state index in [9.17, 15) is 4.79 Å². The highest BCUT2D eigenvalue weighted by atomic mass is 16.1. The summed E-state index contributed by atoms with van der Waals surface area (Å²) in [4.78, 5) is 10.2. The third kappa shape index (κ3) is 4.01. The molecular weight excluding hydrogens is 196 g/mol. The van der Waals surface area contributed by atoms with Gasteiger partial charge in [-0.1, -0.05) is 57.0 Å². The van der Waals surface area contributed by atoms with E-state index >= 15 is 0 Å². The molecule has 0 heterocycles. The molecule has 16 heavy (non-hydrogen) atoms. The molecule has 0 fully saturated rings. The van der Waals surface area contributed by atoms with Gasteiger partial charge in [-0.3, -0.25) is 4.79 Å². The van der Waals surface area contributed by atoms with Gasteiger partial charge in [0.15, 0.2) is 0 Å². The van der Waals surface area contributed by atoms with Gasteiger partial charge in [-0.05, 0) is 29.5 Å². The van der Waals surface area contributed by atoms with Crippen LogP contribution in [-0.2, 0) is 4.79 Å². The normalized spacial score (nSPS) is 12.9. The van der Waals surface area contributed by atoms with E-state index in [2.05, 4.69) is 38.1 Å². The van der Waals surface area contributed by atoms with Crippen molar-refractivity contribution in [2.75, 3.05) is 0 Å². The van der Waals surface area contributed by atoms with Crippen LogP contribution in [0.25, 0.3) is 6.08 Å². The molecule has 1 nitrogen and oxygen atoms in total. The second-order valence-corrected chi connectivity index (χ2v) is 4.21. The summed E-state index contributed by atoms with van der Waals surface area (Å²) >= 11 is 0. The molecule has 0 radical (unpaired) electrons. The van der Waals surface area contributed by atoms with Crippen LogP contribution in [0.2, 0.25) is 0 Å². The fourth-order valence-corrected chi connectivity index (χ4v) is 1.76. The van der Waals surface area contributed by atoms with Gasteiger partial charge in [0.2, 0.25) is 0 Å². The van der Waals surface area contributed by atoms with Gasteiger partial charge in [0.1, 0.15) is 6.29 Å². The van der Waals surface area contributed by atoms with E-state index in [1.165, 1.54) is 30.9 Å². The maximum Gasteiger partial charge on any atom is 0.142 e. The van der Waals surface area contributed by atoms with E-state index < -0.39 is 0 Å². The molecule has 0 aliphatic carbocycles. The van der Waals surface area contributed by atoms with Crippen molar-refractivity contribution < 1.29 is 4.79 Å². The van der Waals surface area contributed by atoms with Crippen LogP contribution in [0, 0.1) is 0 Å². The number of benzene rings is 1. The molecule has 0 amide bonds. The highest BCUT2D eigenvalue weighted by molar-refractivity contribution is 5.73. The van der Waals surface area contributed by atoms with E-state index in [0.717, 1.165) is 11.8 Å². The zero-order valence-electron chi connectivity index (χ0n) is 10.1. The Morgan fingerprint density at radius 2 is 1.94 bits per heavy atom. The van der Waals surface area contributed by atoms with Gasteiger partial charge in [-0.2, -0.15) is 0 Å². The smallest absolute Gasteiger partial charge is 0.142 e. The lowest BCUT2D eigenvalue weighted by Gasteiger charge is -2.11. The molecule has 1 aromatic rings. The number of hydrogen-bond donors (Lipinski definition) is 0. The van der Waals surface area contributed by atoms with Crippen LogP contribution in [0.3, 0.4) is 0 Å². The first-order valence-electron chi connectivity index (χ1n) is 5.99. The first-order valence-corrected chi connectivity index (χ1v) is 5.99. The Bertz CT molecular complexity index is 335. The topological polar surface area (TPSA) is 17.1 Å². The number of rotatable bonds is 6. The fourth-order valence-electron chi connectivity index (χ4n) is 1.76. The van der Waals surface area contributed by atoms with Crippen molar-refractivity contribution in [2.45, 2.75) is 39.0 Å². The minimum Gasteiger partial charge on any atom is -0.299 e. The predicted octanol–water partition coefficient (Wildman–Crippen LogP) is 4.19. The molecule has 0 aliphatic heterocycles. The third-order valence-electron chi connectivity index (χ3n) is 2.86. The summed E-state index contributed by atoms with van der Waals surface area (Å²) in [6.07, 6.45) is 7.94. The average Bonchev–Trinajstić information content (AvgIpc) is 2.34. The lowest BCUT2D eigenvalue weighted by atomic mass is 9.95. The quantitative estimate of drug-likeness (QED) is 0.514. The molecule has 1 rings (SSSR count). The van der Waals surface area contributed by atoms with Crippen molar-refractivity contribution in [2.24, 2.45) is 0 Å². The molecule has 0 spiro atoms. The Morgan fingerprint density at radius 3 is 2.50 bits per heavy atom. The predicted molar refractivity (Wildman–Crippen MR) is 69.5 cm³/mol. The highest BCUT2D eigenvalue weighted by Gasteiger charge is 2.03. The lowest BCUT2D eigenvalue weighted by Crippen LogP contribution is -1.93. The summed E-state index contributed by atoms with van der Waals surface area (Å²) < 4.78 is 0. The first-order chi connectivity index (χ1) is 7.77. The molecule has 1 heteroatoms. The second-order valence-electron chi connectivity index (χ2n) is 4.21. The Hall–Kier alpha value is -1.37. The minimum absolute atomic E-state index is 0.629.